The summed E-state index contributed by atoms with van der Waals surface area (Å²) in [6.07, 6.45) is 0. The Morgan fingerprint density at radius 1 is 1.26 bits per heavy atom. The van der Waals surface area contributed by atoms with Crippen LogP contribution in [0.3, 0.4) is 0 Å². The van der Waals surface area contributed by atoms with Gasteiger partial charge in [-0.2, -0.15) is 5.10 Å². The number of aryl methyl sites for hydroxylation is 1. The zero-order chi connectivity index (χ0) is 17.1. The molecular formula is C15H18N4O3S. The minimum atomic E-state index is -0.256. The second-order valence-corrected chi connectivity index (χ2v) is 5.32. The molecule has 0 radical (unpaired) electrons. The number of nitrogens with one attached hydrogen (secondary N) is 2. The highest BCUT2D eigenvalue weighted by Gasteiger charge is 2.16. The molecule has 1 heterocycles. The standard InChI is InChI=1S/C15H18N4O3S/c1-7-9-5-11(21-3)12(22-4)6-10(9)13(14(20)17-7)8(2)18-19-15(16)23/h5-6H,1-4H3,(H,17,20)(H3,16,19,23)/b18-8+. The van der Waals surface area contributed by atoms with E-state index in [0.717, 1.165) is 11.1 Å². The molecule has 8 heteroatoms. The Labute approximate surface area is 138 Å². The number of benzene rings is 1. The number of rotatable bonds is 4. The Morgan fingerprint density at radius 3 is 2.35 bits per heavy atom. The molecule has 122 valence electrons. The first-order valence-electron chi connectivity index (χ1n) is 6.77. The Kier molecular flexibility index (Phi) is 4.85. The van der Waals surface area contributed by atoms with E-state index in [9.17, 15) is 4.79 Å². The highest BCUT2D eigenvalue weighted by atomic mass is 32.1. The lowest BCUT2D eigenvalue weighted by Gasteiger charge is -2.13. The molecule has 0 aliphatic rings. The largest absolute Gasteiger partial charge is 0.493 e. The molecule has 0 bridgehead atoms. The van der Waals surface area contributed by atoms with Crippen molar-refractivity contribution in [2.75, 3.05) is 14.2 Å². The van der Waals surface area contributed by atoms with E-state index in [2.05, 4.69) is 15.5 Å². The van der Waals surface area contributed by atoms with E-state index in [1.54, 1.807) is 27.2 Å². The summed E-state index contributed by atoms with van der Waals surface area (Å²) < 4.78 is 10.6. The number of aromatic nitrogens is 1. The lowest BCUT2D eigenvalue weighted by atomic mass is 10.0. The maximum absolute atomic E-state index is 12.4. The van der Waals surface area contributed by atoms with E-state index in [1.807, 2.05) is 13.0 Å². The van der Waals surface area contributed by atoms with Crippen LogP contribution in [0.4, 0.5) is 0 Å². The molecule has 2 aromatic rings. The Morgan fingerprint density at radius 2 is 1.83 bits per heavy atom. The SMILES string of the molecule is COc1cc2c(C)[nH]c(=O)c(/C(C)=N/NC(N)=S)c2cc1OC. The van der Waals surface area contributed by atoms with E-state index in [0.29, 0.717) is 28.2 Å². The lowest BCUT2D eigenvalue weighted by molar-refractivity contribution is 0.356. The first-order chi connectivity index (χ1) is 10.9. The van der Waals surface area contributed by atoms with E-state index in [1.165, 1.54) is 0 Å². The number of fused-ring (bicyclic) bond motifs is 1. The van der Waals surface area contributed by atoms with Crippen LogP contribution in [0, 0.1) is 6.92 Å². The normalized spacial score (nSPS) is 11.4. The minimum absolute atomic E-state index is 0.0245. The monoisotopic (exact) mass is 334 g/mol. The minimum Gasteiger partial charge on any atom is -0.493 e. The molecule has 0 aliphatic carbocycles. The fourth-order valence-electron chi connectivity index (χ4n) is 2.37. The predicted molar refractivity (Wildman–Crippen MR) is 94.5 cm³/mol. The third-order valence-electron chi connectivity index (χ3n) is 3.42. The number of nitrogens with zero attached hydrogens (tertiary/aromatic N) is 1. The van der Waals surface area contributed by atoms with Crippen molar-refractivity contribution in [2.24, 2.45) is 10.8 Å². The summed E-state index contributed by atoms with van der Waals surface area (Å²) in [7, 11) is 3.10. The van der Waals surface area contributed by atoms with E-state index in [4.69, 9.17) is 27.4 Å². The molecule has 1 aromatic heterocycles. The van der Waals surface area contributed by atoms with Gasteiger partial charge in [-0.25, -0.2) is 0 Å². The summed E-state index contributed by atoms with van der Waals surface area (Å²) in [5.74, 6) is 1.11. The van der Waals surface area contributed by atoms with Gasteiger partial charge in [0.2, 0.25) is 0 Å². The predicted octanol–water partition coefficient (Wildman–Crippen LogP) is 1.41. The quantitative estimate of drug-likeness (QED) is 0.444. The topological polar surface area (TPSA) is 102 Å². The molecule has 0 saturated heterocycles. The molecule has 0 saturated carbocycles. The number of thiocarbonyl (C=S) groups is 1. The van der Waals surface area contributed by atoms with Gasteiger partial charge in [-0.3, -0.25) is 10.2 Å². The number of hydrazone groups is 1. The number of pyridine rings is 1. The molecule has 0 fully saturated rings. The van der Waals surface area contributed by atoms with Gasteiger partial charge in [-0.05, 0) is 38.2 Å². The zero-order valence-corrected chi connectivity index (χ0v) is 14.1. The Hall–Kier alpha value is -2.61. The molecule has 23 heavy (non-hydrogen) atoms. The van der Waals surface area contributed by atoms with Crippen LogP contribution in [0.2, 0.25) is 0 Å². The van der Waals surface area contributed by atoms with Gasteiger partial charge in [0.15, 0.2) is 16.6 Å². The number of hydrogen-bond acceptors (Lipinski definition) is 5. The van der Waals surface area contributed by atoms with Crippen molar-refractivity contribution in [3.63, 3.8) is 0 Å². The van der Waals surface area contributed by atoms with Crippen molar-refractivity contribution in [1.82, 2.24) is 10.4 Å². The number of aromatic amines is 1. The van der Waals surface area contributed by atoms with Gasteiger partial charge in [0.05, 0.1) is 25.5 Å². The van der Waals surface area contributed by atoms with Crippen LogP contribution in [0.1, 0.15) is 18.2 Å². The van der Waals surface area contributed by atoms with Crippen LogP contribution in [0.5, 0.6) is 11.5 Å². The van der Waals surface area contributed by atoms with E-state index in [-0.39, 0.29) is 10.7 Å². The second kappa shape index (κ2) is 6.66. The van der Waals surface area contributed by atoms with Gasteiger partial charge in [-0.15, -0.1) is 0 Å². The first-order valence-corrected chi connectivity index (χ1v) is 7.18. The van der Waals surface area contributed by atoms with Gasteiger partial charge in [0.1, 0.15) is 0 Å². The molecule has 0 spiro atoms. The van der Waals surface area contributed by atoms with Crippen LogP contribution in [0.25, 0.3) is 10.8 Å². The van der Waals surface area contributed by atoms with Crippen LogP contribution in [0.15, 0.2) is 22.0 Å². The van der Waals surface area contributed by atoms with Crippen molar-refractivity contribution in [3.8, 4) is 11.5 Å². The maximum atomic E-state index is 12.4. The summed E-state index contributed by atoms with van der Waals surface area (Å²) in [4.78, 5) is 15.2. The number of hydrogen-bond donors (Lipinski definition) is 3. The molecule has 0 unspecified atom stereocenters. The molecule has 0 atom stereocenters. The van der Waals surface area contributed by atoms with Gasteiger partial charge in [0.25, 0.3) is 5.56 Å². The van der Waals surface area contributed by atoms with Crippen molar-refractivity contribution < 1.29 is 9.47 Å². The van der Waals surface area contributed by atoms with Crippen LogP contribution in [-0.4, -0.2) is 30.0 Å². The number of nitrogens with two attached hydrogens (primary N) is 1. The molecule has 2 rings (SSSR count). The number of methoxy groups -OCH3 is 2. The Bertz CT molecular complexity index is 858. The van der Waals surface area contributed by atoms with Gasteiger partial charge >= 0.3 is 0 Å². The van der Waals surface area contributed by atoms with Gasteiger partial charge < -0.3 is 20.2 Å². The van der Waals surface area contributed by atoms with Gasteiger partial charge in [0, 0.05) is 16.5 Å². The average molecular weight is 334 g/mol. The molecule has 4 N–H and O–H groups in total. The molecule has 1 aromatic carbocycles. The van der Waals surface area contributed by atoms with E-state index >= 15 is 0 Å². The fraction of sp³-hybridized carbons (Fsp3) is 0.267. The summed E-state index contributed by atoms with van der Waals surface area (Å²) in [6.45, 7) is 3.51. The van der Waals surface area contributed by atoms with Crippen molar-refractivity contribution in [2.45, 2.75) is 13.8 Å². The average Bonchev–Trinajstić information content (AvgIpc) is 2.51. The van der Waals surface area contributed by atoms with Crippen molar-refractivity contribution in [3.05, 3.63) is 33.7 Å². The molecule has 0 amide bonds. The van der Waals surface area contributed by atoms with E-state index < -0.39 is 0 Å². The third kappa shape index (κ3) is 3.26. The highest BCUT2D eigenvalue weighted by Crippen LogP contribution is 2.33. The summed E-state index contributed by atoms with van der Waals surface area (Å²) in [6, 6.07) is 3.57. The van der Waals surface area contributed by atoms with Crippen molar-refractivity contribution in [1.29, 1.82) is 0 Å². The smallest absolute Gasteiger partial charge is 0.257 e. The van der Waals surface area contributed by atoms with Crippen molar-refractivity contribution >= 4 is 33.8 Å². The van der Waals surface area contributed by atoms with Crippen LogP contribution in [-0.2, 0) is 0 Å². The number of H-pyrrole nitrogens is 1. The number of ether oxygens (including phenoxy) is 2. The lowest BCUT2D eigenvalue weighted by Crippen LogP contribution is -2.27. The maximum Gasteiger partial charge on any atom is 0.257 e. The molecule has 0 aliphatic heterocycles. The second-order valence-electron chi connectivity index (χ2n) is 4.88. The molecule has 7 nitrogen and oxygen atoms in total. The third-order valence-corrected chi connectivity index (χ3v) is 3.51. The van der Waals surface area contributed by atoms with Gasteiger partial charge in [-0.1, -0.05) is 0 Å². The van der Waals surface area contributed by atoms with Crippen LogP contribution >= 0.6 is 12.2 Å². The fourth-order valence-corrected chi connectivity index (χ4v) is 2.42. The highest BCUT2D eigenvalue weighted by molar-refractivity contribution is 7.80. The summed E-state index contributed by atoms with van der Waals surface area (Å²) in [5, 5.41) is 5.60. The first kappa shape index (κ1) is 16.8. The van der Waals surface area contributed by atoms with Crippen LogP contribution < -0.4 is 26.2 Å². The molecular weight excluding hydrogens is 316 g/mol. The Balaban J connectivity index is 2.81. The summed E-state index contributed by atoms with van der Waals surface area (Å²) in [5.41, 5.74) is 9.20. The summed E-state index contributed by atoms with van der Waals surface area (Å²) >= 11 is 4.72. The zero-order valence-electron chi connectivity index (χ0n) is 13.3.